The van der Waals surface area contributed by atoms with Crippen LogP contribution in [0.3, 0.4) is 0 Å². The number of carbonyl (C=O) groups excluding carboxylic acids is 5. The summed E-state index contributed by atoms with van der Waals surface area (Å²) in [5, 5.41) is 7.24. The number of nitrogens with zero attached hydrogens (tertiary/aromatic N) is 2. The summed E-state index contributed by atoms with van der Waals surface area (Å²) in [5.74, 6) is 0.0931. The number of hydrogen-bond acceptors (Lipinski definition) is 7. The van der Waals surface area contributed by atoms with Crippen molar-refractivity contribution in [3.8, 4) is 0 Å². The van der Waals surface area contributed by atoms with E-state index < -0.39 is 11.9 Å². The van der Waals surface area contributed by atoms with Crippen LogP contribution >= 0.6 is 11.8 Å². The number of urea groups is 1. The Kier molecular flexibility index (Phi) is 11.5. The van der Waals surface area contributed by atoms with Gasteiger partial charge in [-0.3, -0.25) is 9.59 Å². The standard InChI is InChI=1S/C22H36N4O6S/c1-25-21-16(24-22(25)31)15-33-17(21)9-5-6-10-18(28)23-13-7-3-4-12-20(30)32-26(2)19(29)11-8-14-27/h14,16-17,21H,3-13,15H2,1-2H3,(H,23,28)(H,24,31)/t16-,17-,21-/m0/s1. The molecule has 0 bridgehead atoms. The van der Waals surface area contributed by atoms with Crippen LogP contribution in [0, 0.1) is 0 Å². The van der Waals surface area contributed by atoms with E-state index in [-0.39, 0.29) is 43.3 Å². The fourth-order valence-corrected chi connectivity index (χ4v) is 5.73. The van der Waals surface area contributed by atoms with Gasteiger partial charge in [-0.1, -0.05) is 12.8 Å². The Morgan fingerprint density at radius 3 is 2.70 bits per heavy atom. The molecule has 0 aromatic rings. The molecule has 0 radical (unpaired) electrons. The van der Waals surface area contributed by atoms with E-state index in [1.165, 1.54) is 7.05 Å². The molecule has 0 aliphatic carbocycles. The smallest absolute Gasteiger partial charge is 0.332 e. The maximum absolute atomic E-state index is 12.0. The van der Waals surface area contributed by atoms with Gasteiger partial charge in [0.1, 0.15) is 6.29 Å². The Balaban J connectivity index is 1.44. The molecule has 2 heterocycles. The van der Waals surface area contributed by atoms with Crippen LogP contribution in [0.1, 0.15) is 64.2 Å². The number of rotatable bonds is 14. The quantitative estimate of drug-likeness (QED) is 0.166. The van der Waals surface area contributed by atoms with Gasteiger partial charge in [-0.25, -0.2) is 9.59 Å². The van der Waals surface area contributed by atoms with Gasteiger partial charge < -0.3 is 25.2 Å². The molecular weight excluding hydrogens is 448 g/mol. The van der Waals surface area contributed by atoms with Gasteiger partial charge in [-0.2, -0.15) is 16.8 Å². The molecular formula is C22H36N4O6S. The fourth-order valence-electron chi connectivity index (χ4n) is 4.09. The second-order valence-corrected chi connectivity index (χ2v) is 9.77. The molecule has 0 saturated carbocycles. The van der Waals surface area contributed by atoms with E-state index in [9.17, 15) is 24.0 Å². The first-order chi connectivity index (χ1) is 15.8. The van der Waals surface area contributed by atoms with E-state index in [1.807, 2.05) is 23.7 Å². The third-order valence-corrected chi connectivity index (χ3v) is 7.44. The van der Waals surface area contributed by atoms with Gasteiger partial charge in [0.2, 0.25) is 5.91 Å². The average molecular weight is 485 g/mol. The summed E-state index contributed by atoms with van der Waals surface area (Å²) in [7, 11) is 3.21. The highest BCUT2D eigenvalue weighted by molar-refractivity contribution is 8.00. The second-order valence-electron chi connectivity index (χ2n) is 8.50. The predicted molar refractivity (Wildman–Crippen MR) is 124 cm³/mol. The molecule has 2 aliphatic rings. The lowest BCUT2D eigenvalue weighted by Gasteiger charge is -2.23. The Labute approximate surface area is 199 Å². The predicted octanol–water partition coefficient (Wildman–Crippen LogP) is 1.63. The highest BCUT2D eigenvalue weighted by atomic mass is 32.2. The van der Waals surface area contributed by atoms with Crippen LogP contribution in [0.25, 0.3) is 0 Å². The van der Waals surface area contributed by atoms with Crippen molar-refractivity contribution in [3.05, 3.63) is 0 Å². The van der Waals surface area contributed by atoms with Gasteiger partial charge in [0.15, 0.2) is 0 Å². The summed E-state index contributed by atoms with van der Waals surface area (Å²) < 4.78 is 0. The number of fused-ring (bicyclic) bond motifs is 1. The van der Waals surface area contributed by atoms with Crippen LogP contribution in [0.5, 0.6) is 0 Å². The van der Waals surface area contributed by atoms with Gasteiger partial charge in [-0.15, -0.1) is 0 Å². The van der Waals surface area contributed by atoms with Crippen molar-refractivity contribution in [1.82, 2.24) is 20.6 Å². The van der Waals surface area contributed by atoms with Gasteiger partial charge in [0, 0.05) is 57.3 Å². The van der Waals surface area contributed by atoms with Crippen LogP contribution in [-0.4, -0.2) is 83.8 Å². The van der Waals surface area contributed by atoms with Crippen molar-refractivity contribution >= 4 is 41.9 Å². The van der Waals surface area contributed by atoms with Gasteiger partial charge in [0.25, 0.3) is 5.91 Å². The van der Waals surface area contributed by atoms with Crippen molar-refractivity contribution < 1.29 is 28.8 Å². The minimum Gasteiger partial charge on any atom is -0.356 e. The largest absolute Gasteiger partial charge is 0.356 e. The highest BCUT2D eigenvalue weighted by Gasteiger charge is 2.46. The molecule has 10 nitrogen and oxygen atoms in total. The molecule has 3 atom stereocenters. The number of amides is 4. The summed E-state index contributed by atoms with van der Waals surface area (Å²) in [6, 6.07) is 0.525. The van der Waals surface area contributed by atoms with Crippen molar-refractivity contribution in [2.75, 3.05) is 26.4 Å². The summed E-state index contributed by atoms with van der Waals surface area (Å²) in [6.45, 7) is 0.568. The van der Waals surface area contributed by atoms with Gasteiger partial charge in [-0.05, 0) is 25.7 Å². The van der Waals surface area contributed by atoms with Crippen LogP contribution < -0.4 is 10.6 Å². The number of carbonyl (C=O) groups is 5. The summed E-state index contributed by atoms with van der Waals surface area (Å²) in [5.41, 5.74) is 0. The molecule has 0 aromatic carbocycles. The van der Waals surface area contributed by atoms with E-state index in [0.29, 0.717) is 30.9 Å². The normalized spacial score (nSPS) is 21.3. The van der Waals surface area contributed by atoms with Crippen molar-refractivity contribution in [2.45, 2.75) is 81.5 Å². The third-order valence-electron chi connectivity index (χ3n) is 5.95. The molecule has 4 amide bonds. The van der Waals surface area contributed by atoms with E-state index >= 15 is 0 Å². The fraction of sp³-hybridized carbons (Fsp3) is 0.773. The van der Waals surface area contributed by atoms with Crippen LogP contribution in [0.15, 0.2) is 0 Å². The van der Waals surface area contributed by atoms with Crippen molar-refractivity contribution in [2.24, 2.45) is 0 Å². The maximum atomic E-state index is 12.0. The Bertz CT molecular complexity index is 706. The Hall–Kier alpha value is -2.30. The number of aldehydes is 1. The minimum absolute atomic E-state index is 0.0140. The van der Waals surface area contributed by atoms with E-state index in [4.69, 9.17) is 4.84 Å². The first kappa shape index (κ1) is 26.9. The molecule has 33 heavy (non-hydrogen) atoms. The molecule has 0 unspecified atom stereocenters. The zero-order valence-electron chi connectivity index (χ0n) is 19.5. The van der Waals surface area contributed by atoms with E-state index in [2.05, 4.69) is 10.6 Å². The first-order valence-corrected chi connectivity index (χ1v) is 12.7. The molecule has 2 saturated heterocycles. The lowest BCUT2D eigenvalue weighted by Crippen LogP contribution is -2.38. The summed E-state index contributed by atoms with van der Waals surface area (Å²) in [6.07, 6.45) is 6.39. The molecule has 186 valence electrons. The van der Waals surface area contributed by atoms with E-state index in [1.54, 1.807) is 0 Å². The highest BCUT2D eigenvalue weighted by Crippen LogP contribution is 2.36. The van der Waals surface area contributed by atoms with Gasteiger partial charge >= 0.3 is 12.0 Å². The molecule has 2 aliphatic heterocycles. The lowest BCUT2D eigenvalue weighted by atomic mass is 10.0. The second kappa shape index (κ2) is 14.1. The Morgan fingerprint density at radius 2 is 1.94 bits per heavy atom. The SMILES string of the molecule is CN(OC(=O)CCCCCNC(=O)CCCC[C@@H]1SC[C@@H]2NC(=O)N(C)[C@@H]21)C(=O)CCC=O. The first-order valence-electron chi connectivity index (χ1n) is 11.7. The topological polar surface area (TPSA) is 125 Å². The molecule has 0 aromatic heterocycles. The zero-order chi connectivity index (χ0) is 24.2. The Morgan fingerprint density at radius 1 is 1.18 bits per heavy atom. The number of thioether (sulfide) groups is 1. The van der Waals surface area contributed by atoms with Crippen molar-refractivity contribution in [3.63, 3.8) is 0 Å². The number of unbranched alkanes of at least 4 members (excludes halogenated alkanes) is 3. The minimum atomic E-state index is -0.489. The van der Waals surface area contributed by atoms with Crippen LogP contribution in [-0.2, 0) is 24.0 Å². The molecule has 0 spiro atoms. The summed E-state index contributed by atoms with van der Waals surface area (Å²) in [4.78, 5) is 64.1. The lowest BCUT2D eigenvalue weighted by molar-refractivity contribution is -0.192. The van der Waals surface area contributed by atoms with Crippen LogP contribution in [0.4, 0.5) is 4.79 Å². The average Bonchev–Trinajstić information content (AvgIpc) is 3.31. The maximum Gasteiger partial charge on any atom is 0.332 e. The molecule has 11 heteroatoms. The van der Waals surface area contributed by atoms with Gasteiger partial charge in [0.05, 0.1) is 12.1 Å². The number of hydrogen-bond donors (Lipinski definition) is 2. The van der Waals surface area contributed by atoms with Crippen LogP contribution in [0.2, 0.25) is 0 Å². The number of likely N-dealkylation sites (N-methyl/N-ethyl adjacent to an activating group) is 1. The molecule has 2 rings (SSSR count). The zero-order valence-corrected chi connectivity index (χ0v) is 20.4. The molecule has 2 N–H and O–H groups in total. The monoisotopic (exact) mass is 484 g/mol. The molecule has 2 fully saturated rings. The third kappa shape index (κ3) is 8.87. The number of nitrogens with one attached hydrogen (secondary N) is 2. The van der Waals surface area contributed by atoms with E-state index in [0.717, 1.165) is 42.9 Å². The number of hydroxylamine groups is 2. The summed E-state index contributed by atoms with van der Waals surface area (Å²) >= 11 is 1.91. The van der Waals surface area contributed by atoms with Crippen molar-refractivity contribution in [1.29, 1.82) is 0 Å².